The standard InChI is InChI=1S/C13H16N4O2/c1-19-12-6-9(14)2-3-11(12)13(18)16-5-4-10-7-15-8-17-10/h2-3,6-8H,4-5,14H2,1H3,(H,15,17)(H,16,18). The number of nitrogen functional groups attached to an aromatic ring is 1. The first-order chi connectivity index (χ1) is 9.20. The van der Waals surface area contributed by atoms with Crippen LogP contribution in [0.15, 0.2) is 30.7 Å². The largest absolute Gasteiger partial charge is 0.496 e. The highest BCUT2D eigenvalue weighted by molar-refractivity contribution is 5.97. The molecule has 19 heavy (non-hydrogen) atoms. The van der Waals surface area contributed by atoms with Gasteiger partial charge in [-0.3, -0.25) is 4.79 Å². The molecule has 0 radical (unpaired) electrons. The van der Waals surface area contributed by atoms with Gasteiger partial charge in [0.25, 0.3) is 5.91 Å². The van der Waals surface area contributed by atoms with Crippen LogP contribution in [-0.4, -0.2) is 29.5 Å². The zero-order valence-corrected chi connectivity index (χ0v) is 10.6. The number of imidazole rings is 1. The number of nitrogens with two attached hydrogens (primary N) is 1. The van der Waals surface area contributed by atoms with Crippen molar-refractivity contribution in [1.82, 2.24) is 15.3 Å². The molecule has 4 N–H and O–H groups in total. The third-order valence-corrected chi connectivity index (χ3v) is 2.70. The van der Waals surface area contributed by atoms with E-state index in [1.165, 1.54) is 7.11 Å². The van der Waals surface area contributed by atoms with Crippen molar-refractivity contribution < 1.29 is 9.53 Å². The first kappa shape index (κ1) is 12.9. The van der Waals surface area contributed by atoms with Crippen LogP contribution in [0.3, 0.4) is 0 Å². The number of methoxy groups -OCH3 is 1. The predicted octanol–water partition coefficient (Wildman–Crippen LogP) is 0.973. The van der Waals surface area contributed by atoms with Crippen molar-refractivity contribution in [2.45, 2.75) is 6.42 Å². The molecule has 0 unspecified atom stereocenters. The molecule has 2 rings (SSSR count). The van der Waals surface area contributed by atoms with E-state index in [2.05, 4.69) is 15.3 Å². The zero-order chi connectivity index (χ0) is 13.7. The molecule has 0 bridgehead atoms. The Kier molecular flexibility index (Phi) is 4.02. The van der Waals surface area contributed by atoms with E-state index in [4.69, 9.17) is 10.5 Å². The lowest BCUT2D eigenvalue weighted by molar-refractivity contribution is 0.0951. The highest BCUT2D eigenvalue weighted by Gasteiger charge is 2.11. The first-order valence-corrected chi connectivity index (χ1v) is 5.89. The average Bonchev–Trinajstić information content (AvgIpc) is 2.91. The molecular weight excluding hydrogens is 244 g/mol. The molecule has 6 nitrogen and oxygen atoms in total. The van der Waals surface area contributed by atoms with E-state index in [9.17, 15) is 4.79 Å². The molecule has 1 aromatic heterocycles. The molecule has 100 valence electrons. The van der Waals surface area contributed by atoms with Gasteiger partial charge in [0.15, 0.2) is 0 Å². The summed E-state index contributed by atoms with van der Waals surface area (Å²) in [5.41, 5.74) is 7.66. The minimum Gasteiger partial charge on any atom is -0.496 e. The Bertz CT molecular complexity index is 552. The van der Waals surface area contributed by atoms with Gasteiger partial charge < -0.3 is 20.8 Å². The summed E-state index contributed by atoms with van der Waals surface area (Å²) in [5.74, 6) is 0.287. The summed E-state index contributed by atoms with van der Waals surface area (Å²) in [5, 5.41) is 2.82. The second-order valence-electron chi connectivity index (χ2n) is 4.04. The fraction of sp³-hybridized carbons (Fsp3) is 0.231. The van der Waals surface area contributed by atoms with E-state index < -0.39 is 0 Å². The number of anilines is 1. The fourth-order valence-electron chi connectivity index (χ4n) is 1.72. The Morgan fingerprint density at radius 1 is 1.53 bits per heavy atom. The van der Waals surface area contributed by atoms with Crippen molar-refractivity contribution in [3.05, 3.63) is 42.0 Å². The molecule has 0 spiro atoms. The molecule has 1 aromatic carbocycles. The lowest BCUT2D eigenvalue weighted by atomic mass is 10.1. The number of amides is 1. The number of H-pyrrole nitrogens is 1. The van der Waals surface area contributed by atoms with Gasteiger partial charge in [0.1, 0.15) is 5.75 Å². The summed E-state index contributed by atoms with van der Waals surface area (Å²) in [7, 11) is 1.51. The highest BCUT2D eigenvalue weighted by atomic mass is 16.5. The number of benzene rings is 1. The number of carbonyl (C=O) groups excluding carboxylic acids is 1. The van der Waals surface area contributed by atoms with Gasteiger partial charge >= 0.3 is 0 Å². The van der Waals surface area contributed by atoms with Crippen LogP contribution in [0, 0.1) is 0 Å². The number of hydrogen-bond acceptors (Lipinski definition) is 4. The number of ether oxygens (including phenoxy) is 1. The summed E-state index contributed by atoms with van der Waals surface area (Å²) >= 11 is 0. The maximum absolute atomic E-state index is 12.0. The van der Waals surface area contributed by atoms with E-state index in [1.807, 2.05) is 0 Å². The van der Waals surface area contributed by atoms with Crippen molar-refractivity contribution in [2.24, 2.45) is 0 Å². The predicted molar refractivity (Wildman–Crippen MR) is 72.0 cm³/mol. The Balaban J connectivity index is 1.96. The summed E-state index contributed by atoms with van der Waals surface area (Å²) in [6.45, 7) is 0.522. The SMILES string of the molecule is COc1cc(N)ccc1C(=O)NCCc1cnc[nH]1. The minimum atomic E-state index is -0.184. The van der Waals surface area contributed by atoms with Crippen LogP contribution in [0.4, 0.5) is 5.69 Å². The van der Waals surface area contributed by atoms with Crippen molar-refractivity contribution in [3.63, 3.8) is 0 Å². The first-order valence-electron chi connectivity index (χ1n) is 5.89. The van der Waals surface area contributed by atoms with Gasteiger partial charge in [-0.15, -0.1) is 0 Å². The molecule has 0 aliphatic rings. The Morgan fingerprint density at radius 2 is 2.37 bits per heavy atom. The smallest absolute Gasteiger partial charge is 0.255 e. The van der Waals surface area contributed by atoms with E-state index in [0.29, 0.717) is 30.0 Å². The highest BCUT2D eigenvalue weighted by Crippen LogP contribution is 2.21. The topological polar surface area (TPSA) is 93.0 Å². The van der Waals surface area contributed by atoms with E-state index in [-0.39, 0.29) is 5.91 Å². The second kappa shape index (κ2) is 5.90. The average molecular weight is 260 g/mol. The number of nitrogens with zero attached hydrogens (tertiary/aromatic N) is 1. The summed E-state index contributed by atoms with van der Waals surface area (Å²) in [6.07, 6.45) is 4.04. The second-order valence-corrected chi connectivity index (χ2v) is 4.04. The maximum atomic E-state index is 12.0. The van der Waals surface area contributed by atoms with Gasteiger partial charge in [0.05, 0.1) is 19.0 Å². The molecule has 0 atom stereocenters. The third-order valence-electron chi connectivity index (χ3n) is 2.70. The summed E-state index contributed by atoms with van der Waals surface area (Å²) < 4.78 is 5.14. The fourth-order valence-corrected chi connectivity index (χ4v) is 1.72. The number of aromatic nitrogens is 2. The van der Waals surface area contributed by atoms with Crippen molar-refractivity contribution in [1.29, 1.82) is 0 Å². The van der Waals surface area contributed by atoms with E-state index in [1.54, 1.807) is 30.7 Å². The van der Waals surface area contributed by atoms with Gasteiger partial charge in [-0.25, -0.2) is 4.98 Å². The number of rotatable bonds is 5. The van der Waals surface area contributed by atoms with Gasteiger partial charge in [0.2, 0.25) is 0 Å². The normalized spacial score (nSPS) is 10.2. The molecule has 1 amide bonds. The molecule has 2 aromatic rings. The molecule has 0 aliphatic heterocycles. The Labute approximate surface area is 111 Å². The number of nitrogens with one attached hydrogen (secondary N) is 2. The molecular formula is C13H16N4O2. The van der Waals surface area contributed by atoms with Crippen LogP contribution in [0.5, 0.6) is 5.75 Å². The van der Waals surface area contributed by atoms with Crippen LogP contribution in [0.2, 0.25) is 0 Å². The van der Waals surface area contributed by atoms with Crippen LogP contribution in [0.1, 0.15) is 16.1 Å². The molecule has 0 fully saturated rings. The van der Waals surface area contributed by atoms with Gasteiger partial charge in [-0.05, 0) is 12.1 Å². The Hall–Kier alpha value is -2.50. The number of aromatic amines is 1. The number of carbonyl (C=O) groups is 1. The number of hydrogen-bond donors (Lipinski definition) is 3. The van der Waals surface area contributed by atoms with E-state index in [0.717, 1.165) is 5.69 Å². The lowest BCUT2D eigenvalue weighted by Crippen LogP contribution is -2.26. The molecule has 1 heterocycles. The van der Waals surface area contributed by atoms with Crippen LogP contribution < -0.4 is 15.8 Å². The van der Waals surface area contributed by atoms with Crippen LogP contribution in [-0.2, 0) is 6.42 Å². The molecule has 0 saturated carbocycles. The summed E-state index contributed by atoms with van der Waals surface area (Å²) in [4.78, 5) is 18.9. The minimum absolute atomic E-state index is 0.184. The van der Waals surface area contributed by atoms with Crippen molar-refractivity contribution in [3.8, 4) is 5.75 Å². The zero-order valence-electron chi connectivity index (χ0n) is 10.6. The lowest BCUT2D eigenvalue weighted by Gasteiger charge is -2.09. The maximum Gasteiger partial charge on any atom is 0.255 e. The summed E-state index contributed by atoms with van der Waals surface area (Å²) in [6, 6.07) is 4.95. The quantitative estimate of drug-likeness (QED) is 0.698. The monoisotopic (exact) mass is 260 g/mol. The van der Waals surface area contributed by atoms with E-state index >= 15 is 0 Å². The molecule has 6 heteroatoms. The van der Waals surface area contributed by atoms with Crippen LogP contribution in [0.25, 0.3) is 0 Å². The third kappa shape index (κ3) is 3.25. The van der Waals surface area contributed by atoms with Gasteiger partial charge in [-0.1, -0.05) is 0 Å². The van der Waals surface area contributed by atoms with Crippen molar-refractivity contribution >= 4 is 11.6 Å². The van der Waals surface area contributed by atoms with Gasteiger partial charge in [-0.2, -0.15) is 0 Å². The Morgan fingerprint density at radius 3 is 3.05 bits per heavy atom. The van der Waals surface area contributed by atoms with Crippen LogP contribution >= 0.6 is 0 Å². The molecule has 0 aliphatic carbocycles. The van der Waals surface area contributed by atoms with Crippen molar-refractivity contribution in [2.75, 3.05) is 19.4 Å². The van der Waals surface area contributed by atoms with Gasteiger partial charge in [0, 0.05) is 36.6 Å². The molecule has 0 saturated heterocycles.